The van der Waals surface area contributed by atoms with E-state index in [-0.39, 0.29) is 42.3 Å². The third-order valence-corrected chi connectivity index (χ3v) is 4.31. The largest absolute Gasteiger partial charge is 0.324 e. The number of hydrogen-bond acceptors (Lipinski definition) is 3. The van der Waals surface area contributed by atoms with E-state index in [0.717, 1.165) is 0 Å². The van der Waals surface area contributed by atoms with Gasteiger partial charge in [0.15, 0.2) is 0 Å². The molecule has 1 fully saturated rings. The van der Waals surface area contributed by atoms with Crippen molar-refractivity contribution in [1.29, 1.82) is 0 Å². The number of nitrogens with one attached hydrogen (secondary N) is 1. The van der Waals surface area contributed by atoms with Crippen molar-refractivity contribution in [1.82, 2.24) is 4.90 Å². The highest BCUT2D eigenvalue weighted by atomic mass is 19.1. The van der Waals surface area contributed by atoms with Crippen molar-refractivity contribution >= 4 is 23.4 Å². The summed E-state index contributed by atoms with van der Waals surface area (Å²) in [6.07, 6.45) is 4.94. The fourth-order valence-electron chi connectivity index (χ4n) is 3.08. The first kappa shape index (κ1) is 15.4. The first-order chi connectivity index (χ1) is 11.1. The molecular formula is C17H17FN2O3. The normalized spacial score (nSPS) is 23.1. The Hall–Kier alpha value is -2.50. The highest BCUT2D eigenvalue weighted by Crippen LogP contribution is 2.35. The molecule has 1 aliphatic heterocycles. The molecule has 1 N–H and O–H groups in total. The first-order valence-corrected chi connectivity index (χ1v) is 7.62. The zero-order valence-electron chi connectivity index (χ0n) is 12.5. The molecule has 6 heteroatoms. The van der Waals surface area contributed by atoms with Crippen LogP contribution in [0.5, 0.6) is 0 Å². The monoisotopic (exact) mass is 316 g/mol. The Balaban J connectivity index is 1.58. The summed E-state index contributed by atoms with van der Waals surface area (Å²) in [4.78, 5) is 37.6. The highest BCUT2D eigenvalue weighted by molar-refractivity contribution is 6.05. The van der Waals surface area contributed by atoms with Gasteiger partial charge in [0.25, 0.3) is 0 Å². The van der Waals surface area contributed by atoms with Crippen molar-refractivity contribution in [2.24, 2.45) is 11.8 Å². The molecule has 1 saturated heterocycles. The van der Waals surface area contributed by atoms with Crippen LogP contribution in [0.1, 0.15) is 19.3 Å². The molecule has 0 bridgehead atoms. The van der Waals surface area contributed by atoms with E-state index >= 15 is 0 Å². The molecule has 23 heavy (non-hydrogen) atoms. The van der Waals surface area contributed by atoms with Crippen molar-refractivity contribution in [2.75, 3.05) is 11.9 Å². The molecule has 5 nitrogen and oxygen atoms in total. The van der Waals surface area contributed by atoms with Gasteiger partial charge in [-0.05, 0) is 25.0 Å². The Morgan fingerprint density at radius 2 is 1.74 bits per heavy atom. The van der Waals surface area contributed by atoms with Gasteiger partial charge in [-0.15, -0.1) is 0 Å². The molecule has 1 aromatic carbocycles. The summed E-state index contributed by atoms with van der Waals surface area (Å²) in [5.41, 5.74) is 0.0921. The molecule has 2 aliphatic rings. The van der Waals surface area contributed by atoms with Gasteiger partial charge in [0, 0.05) is 13.0 Å². The Morgan fingerprint density at radius 3 is 2.35 bits per heavy atom. The third kappa shape index (κ3) is 3.02. The number of halogens is 1. The number of amides is 3. The molecule has 1 heterocycles. The lowest BCUT2D eigenvalue weighted by molar-refractivity contribution is -0.140. The van der Waals surface area contributed by atoms with Crippen molar-refractivity contribution < 1.29 is 18.8 Å². The topological polar surface area (TPSA) is 66.5 Å². The molecule has 1 aromatic rings. The smallest absolute Gasteiger partial charge is 0.233 e. The number of likely N-dealkylation sites (tertiary alicyclic amines) is 1. The Bertz CT molecular complexity index is 660. The van der Waals surface area contributed by atoms with E-state index in [9.17, 15) is 18.8 Å². The van der Waals surface area contributed by atoms with Gasteiger partial charge >= 0.3 is 0 Å². The quantitative estimate of drug-likeness (QED) is 0.683. The van der Waals surface area contributed by atoms with Crippen LogP contribution in [0.3, 0.4) is 0 Å². The van der Waals surface area contributed by atoms with Crippen LogP contribution < -0.4 is 5.32 Å². The average molecular weight is 316 g/mol. The van der Waals surface area contributed by atoms with Gasteiger partial charge in [-0.3, -0.25) is 19.3 Å². The maximum Gasteiger partial charge on any atom is 0.233 e. The average Bonchev–Trinajstić information content (AvgIpc) is 2.80. The summed E-state index contributed by atoms with van der Waals surface area (Å²) < 4.78 is 13.5. The van der Waals surface area contributed by atoms with Crippen LogP contribution >= 0.6 is 0 Å². The molecule has 2 atom stereocenters. The summed E-state index contributed by atoms with van der Waals surface area (Å²) in [5, 5.41) is 2.45. The third-order valence-electron chi connectivity index (χ3n) is 4.31. The first-order valence-electron chi connectivity index (χ1n) is 7.62. The Labute approximate surface area is 133 Å². The second-order valence-electron chi connectivity index (χ2n) is 5.76. The number of para-hydroxylation sites is 1. The summed E-state index contributed by atoms with van der Waals surface area (Å²) in [6.45, 7) is 0.0327. The van der Waals surface area contributed by atoms with E-state index in [1.54, 1.807) is 6.07 Å². The number of anilines is 1. The number of rotatable bonds is 4. The van der Waals surface area contributed by atoms with Crippen LogP contribution in [-0.2, 0) is 14.4 Å². The molecule has 0 saturated carbocycles. The maximum absolute atomic E-state index is 13.5. The van der Waals surface area contributed by atoms with Gasteiger partial charge in [0.05, 0.1) is 17.5 Å². The molecule has 0 unspecified atom stereocenters. The lowest BCUT2D eigenvalue weighted by atomic mass is 9.85. The van der Waals surface area contributed by atoms with Gasteiger partial charge in [0.2, 0.25) is 17.7 Å². The minimum absolute atomic E-state index is 0.0327. The molecule has 0 spiro atoms. The van der Waals surface area contributed by atoms with E-state index in [1.807, 2.05) is 12.2 Å². The maximum atomic E-state index is 13.5. The summed E-state index contributed by atoms with van der Waals surface area (Å²) in [6, 6.07) is 5.85. The highest BCUT2D eigenvalue weighted by Gasteiger charge is 2.46. The lowest BCUT2D eigenvalue weighted by Gasteiger charge is -2.14. The second kappa shape index (κ2) is 6.32. The molecule has 0 aromatic heterocycles. The van der Waals surface area contributed by atoms with Crippen molar-refractivity contribution in [3.05, 3.63) is 42.2 Å². The molecular weight excluding hydrogens is 299 g/mol. The summed E-state index contributed by atoms with van der Waals surface area (Å²) >= 11 is 0. The summed E-state index contributed by atoms with van der Waals surface area (Å²) in [7, 11) is 0. The Morgan fingerprint density at radius 1 is 1.13 bits per heavy atom. The number of carbonyl (C=O) groups is 3. The number of allylic oxidation sites excluding steroid dienone is 2. The van der Waals surface area contributed by atoms with E-state index < -0.39 is 11.7 Å². The molecule has 1 aliphatic carbocycles. The Kier molecular flexibility index (Phi) is 4.23. The van der Waals surface area contributed by atoms with Crippen molar-refractivity contribution in [3.8, 4) is 0 Å². The van der Waals surface area contributed by atoms with Crippen LogP contribution in [0.15, 0.2) is 36.4 Å². The predicted molar refractivity (Wildman–Crippen MR) is 81.7 cm³/mol. The fourth-order valence-corrected chi connectivity index (χ4v) is 3.08. The molecule has 3 rings (SSSR count). The van der Waals surface area contributed by atoms with Crippen LogP contribution in [-0.4, -0.2) is 29.2 Å². The van der Waals surface area contributed by atoms with Crippen LogP contribution in [0.4, 0.5) is 10.1 Å². The lowest BCUT2D eigenvalue weighted by Crippen LogP contribution is -2.34. The number of imide groups is 1. The minimum Gasteiger partial charge on any atom is -0.324 e. The van der Waals surface area contributed by atoms with Crippen LogP contribution in [0, 0.1) is 17.7 Å². The number of nitrogens with zero attached hydrogens (tertiary/aromatic N) is 1. The van der Waals surface area contributed by atoms with E-state index in [4.69, 9.17) is 0 Å². The SMILES string of the molecule is O=C(CCN1C(=O)[C@H]2CC=CC[C@@H]2C1=O)Nc1ccccc1F. The predicted octanol–water partition coefficient (Wildman–Crippen LogP) is 2.11. The molecule has 120 valence electrons. The number of fused-ring (bicyclic) bond motifs is 1. The van der Waals surface area contributed by atoms with Gasteiger partial charge in [0.1, 0.15) is 5.82 Å². The summed E-state index contributed by atoms with van der Waals surface area (Å²) in [5.74, 6) is -1.94. The number of carbonyl (C=O) groups excluding carboxylic acids is 3. The zero-order valence-corrected chi connectivity index (χ0v) is 12.5. The van der Waals surface area contributed by atoms with Crippen molar-refractivity contribution in [2.45, 2.75) is 19.3 Å². The van der Waals surface area contributed by atoms with Crippen molar-refractivity contribution in [3.63, 3.8) is 0 Å². The molecule has 0 radical (unpaired) electrons. The van der Waals surface area contributed by atoms with Crippen LogP contribution in [0.2, 0.25) is 0 Å². The fraction of sp³-hybridized carbons (Fsp3) is 0.353. The zero-order chi connectivity index (χ0) is 16.4. The minimum atomic E-state index is -0.522. The molecule has 3 amide bonds. The van der Waals surface area contributed by atoms with Gasteiger partial charge < -0.3 is 5.32 Å². The van der Waals surface area contributed by atoms with E-state index in [2.05, 4.69) is 5.32 Å². The number of hydrogen-bond donors (Lipinski definition) is 1. The van der Waals surface area contributed by atoms with Gasteiger partial charge in [-0.1, -0.05) is 24.3 Å². The van der Waals surface area contributed by atoms with E-state index in [1.165, 1.54) is 23.1 Å². The second-order valence-corrected chi connectivity index (χ2v) is 5.76. The standard InChI is InChI=1S/C17H17FN2O3/c18-13-7-3-4-8-14(13)19-15(21)9-10-20-16(22)11-5-1-2-6-12(11)17(20)23/h1-4,7-8,11-12H,5-6,9-10H2,(H,19,21)/t11-,12-/m0/s1. The van der Waals surface area contributed by atoms with Gasteiger partial charge in [-0.25, -0.2) is 4.39 Å². The van der Waals surface area contributed by atoms with E-state index in [0.29, 0.717) is 12.8 Å². The van der Waals surface area contributed by atoms with Gasteiger partial charge in [-0.2, -0.15) is 0 Å². The number of benzene rings is 1. The van der Waals surface area contributed by atoms with Crippen LogP contribution in [0.25, 0.3) is 0 Å².